The summed E-state index contributed by atoms with van der Waals surface area (Å²) in [4.78, 5) is 21.0. The van der Waals surface area contributed by atoms with Crippen LogP contribution in [0.2, 0.25) is 0 Å². The molecule has 2 aliphatic rings. The lowest BCUT2D eigenvalue weighted by Crippen LogP contribution is -2.28. The summed E-state index contributed by atoms with van der Waals surface area (Å²) in [6.07, 6.45) is 1.65. The minimum Gasteiger partial charge on any atom is -0.374 e. The molecule has 0 spiro atoms. The van der Waals surface area contributed by atoms with E-state index in [1.807, 2.05) is 0 Å². The maximum atomic E-state index is 12.5. The predicted molar refractivity (Wildman–Crippen MR) is 86.3 cm³/mol. The minimum absolute atomic E-state index is 0.148. The molecule has 0 aromatic heterocycles. The summed E-state index contributed by atoms with van der Waals surface area (Å²) in [6, 6.07) is 0. The van der Waals surface area contributed by atoms with E-state index in [2.05, 4.69) is 10.6 Å². The molecule has 0 aliphatic carbocycles. The third kappa shape index (κ3) is 3.93. The molecule has 2 saturated heterocycles. The van der Waals surface area contributed by atoms with Gasteiger partial charge in [-0.1, -0.05) is 0 Å². The Morgan fingerprint density at radius 1 is 0.955 bits per heavy atom. The van der Waals surface area contributed by atoms with Gasteiger partial charge in [0.1, 0.15) is 0 Å². The third-order valence-electron chi connectivity index (χ3n) is 2.78. The largest absolute Gasteiger partial charge is 0.374 e. The van der Waals surface area contributed by atoms with Crippen LogP contribution in [0.4, 0.5) is 0 Å². The smallest absolute Gasteiger partial charge is 0.373 e. The summed E-state index contributed by atoms with van der Waals surface area (Å²) in [5.74, 6) is 1.29. The normalized spacial score (nSPS) is 24.5. The average Bonchev–Trinajstić information content (AvgIpc) is 2.49. The second kappa shape index (κ2) is 7.83. The highest BCUT2D eigenvalue weighted by Crippen LogP contribution is 2.30. The molecule has 122 valence electrons. The van der Waals surface area contributed by atoms with Crippen LogP contribution < -0.4 is 10.6 Å². The first-order valence-corrected chi connectivity index (χ1v) is 9.57. The maximum absolute atomic E-state index is 12.5. The van der Waals surface area contributed by atoms with E-state index in [0.717, 1.165) is 12.8 Å². The van der Waals surface area contributed by atoms with Crippen molar-refractivity contribution >= 4 is 34.3 Å². The van der Waals surface area contributed by atoms with E-state index >= 15 is 0 Å². The van der Waals surface area contributed by atoms with Crippen LogP contribution in [0.1, 0.15) is 12.8 Å². The number of thioether (sulfide) groups is 2. The zero-order valence-corrected chi connectivity index (χ0v) is 13.9. The molecule has 0 amide bonds. The second-order valence-electron chi connectivity index (χ2n) is 4.31. The number of hydrogen-bond donors (Lipinski definition) is 2. The van der Waals surface area contributed by atoms with Crippen molar-refractivity contribution in [3.05, 3.63) is 40.3 Å². The van der Waals surface area contributed by atoms with Gasteiger partial charge in [-0.25, -0.2) is 4.21 Å². The van der Waals surface area contributed by atoms with Crippen LogP contribution >= 0.6 is 23.5 Å². The number of hydrogen-bond acceptors (Lipinski definition) is 9. The molecule has 0 aromatic carbocycles. The molecule has 2 N–H and O–H groups in total. The predicted octanol–water partition coefficient (Wildman–Crippen LogP) is 0.995. The van der Waals surface area contributed by atoms with Crippen molar-refractivity contribution in [1.82, 2.24) is 10.6 Å². The Labute approximate surface area is 137 Å². The van der Waals surface area contributed by atoms with Crippen molar-refractivity contribution in [2.75, 3.05) is 24.6 Å². The van der Waals surface area contributed by atoms with Crippen LogP contribution in [0.5, 0.6) is 0 Å². The van der Waals surface area contributed by atoms with Gasteiger partial charge in [0.05, 0.1) is 9.85 Å². The van der Waals surface area contributed by atoms with Gasteiger partial charge in [-0.05, 0) is 12.8 Å². The number of nitrogens with zero attached hydrogens (tertiary/aromatic N) is 2. The van der Waals surface area contributed by atoms with Crippen LogP contribution in [-0.4, -0.2) is 38.7 Å². The first-order valence-electron chi connectivity index (χ1n) is 6.45. The van der Waals surface area contributed by atoms with Gasteiger partial charge in [0.25, 0.3) is 0 Å². The van der Waals surface area contributed by atoms with Crippen LogP contribution in [0.15, 0.2) is 20.1 Å². The molecule has 0 saturated carbocycles. The molecule has 2 fully saturated rings. The first kappa shape index (κ1) is 17.1. The SMILES string of the molecule is O=[N+]([O-])/C(=C1/NCCCS1)S(=O)/C(=C1\NCCCS1)[N+](=O)[O-]. The Kier molecular flexibility index (Phi) is 6.08. The fraction of sp³-hybridized carbons (Fsp3) is 0.600. The van der Waals surface area contributed by atoms with Crippen molar-refractivity contribution in [3.8, 4) is 0 Å². The molecule has 9 nitrogen and oxygen atoms in total. The average molecular weight is 366 g/mol. The Morgan fingerprint density at radius 3 is 1.64 bits per heavy atom. The van der Waals surface area contributed by atoms with E-state index in [1.54, 1.807) is 0 Å². The summed E-state index contributed by atoms with van der Waals surface area (Å²) < 4.78 is 12.5. The van der Waals surface area contributed by atoms with E-state index in [-0.39, 0.29) is 10.1 Å². The lowest BCUT2D eigenvalue weighted by molar-refractivity contribution is -0.420. The summed E-state index contributed by atoms with van der Waals surface area (Å²) >= 11 is 2.33. The standard InChI is InChI=1S/C10H14N4O5S3/c15-13(16)9(7-11-3-1-5-20-7)22(19)10(14(17)18)8-12-4-2-6-21-8/h11-12H,1-6H2/b9-7+,10-8+. The van der Waals surface area contributed by atoms with Gasteiger partial charge in [0.2, 0.25) is 10.8 Å². The van der Waals surface area contributed by atoms with Crippen molar-refractivity contribution in [3.63, 3.8) is 0 Å². The third-order valence-corrected chi connectivity index (χ3v) is 6.68. The van der Waals surface area contributed by atoms with Gasteiger partial charge in [0, 0.05) is 24.6 Å². The maximum Gasteiger partial charge on any atom is 0.373 e. The molecule has 22 heavy (non-hydrogen) atoms. The number of nitrogens with one attached hydrogen (secondary N) is 2. The molecule has 0 radical (unpaired) electrons. The van der Waals surface area contributed by atoms with Crippen molar-refractivity contribution in [2.45, 2.75) is 12.8 Å². The highest BCUT2D eigenvalue weighted by molar-refractivity contribution is 8.05. The highest BCUT2D eigenvalue weighted by atomic mass is 32.2. The van der Waals surface area contributed by atoms with Crippen LogP contribution in [0.25, 0.3) is 0 Å². The van der Waals surface area contributed by atoms with Gasteiger partial charge in [-0.15, -0.1) is 23.5 Å². The van der Waals surface area contributed by atoms with E-state index < -0.39 is 30.7 Å². The van der Waals surface area contributed by atoms with Crippen LogP contribution in [-0.2, 0) is 10.8 Å². The Balaban J connectivity index is 2.43. The van der Waals surface area contributed by atoms with Gasteiger partial charge in [0.15, 0.2) is 10.1 Å². The van der Waals surface area contributed by atoms with Gasteiger partial charge in [-0.3, -0.25) is 20.2 Å². The van der Waals surface area contributed by atoms with Gasteiger partial charge in [-0.2, -0.15) is 0 Å². The number of rotatable bonds is 4. The minimum atomic E-state index is -2.46. The van der Waals surface area contributed by atoms with Gasteiger partial charge >= 0.3 is 10.1 Å². The quantitative estimate of drug-likeness (QED) is 0.553. The number of nitro groups is 2. The molecule has 0 atom stereocenters. The molecular formula is C10H14N4O5S3. The Morgan fingerprint density at radius 2 is 1.36 bits per heavy atom. The molecule has 2 rings (SSSR count). The summed E-state index contributed by atoms with van der Waals surface area (Å²) in [6.45, 7) is 1.04. The molecule has 0 unspecified atom stereocenters. The second-order valence-corrected chi connectivity index (χ2v) is 7.83. The Bertz CT molecular complexity index is 513. The monoisotopic (exact) mass is 366 g/mol. The van der Waals surface area contributed by atoms with E-state index in [0.29, 0.717) is 24.6 Å². The van der Waals surface area contributed by atoms with E-state index in [1.165, 1.54) is 23.5 Å². The lowest BCUT2D eigenvalue weighted by Gasteiger charge is -2.17. The van der Waals surface area contributed by atoms with Crippen molar-refractivity contribution in [1.29, 1.82) is 0 Å². The fourth-order valence-electron chi connectivity index (χ4n) is 1.83. The first-order chi connectivity index (χ1) is 10.5. The summed E-state index contributed by atoms with van der Waals surface area (Å²) in [5.41, 5.74) is 0. The Hall–Kier alpha value is -1.27. The fourth-order valence-corrected chi connectivity index (χ4v) is 5.37. The lowest BCUT2D eigenvalue weighted by atomic mass is 10.5. The van der Waals surface area contributed by atoms with Crippen molar-refractivity contribution in [2.24, 2.45) is 0 Å². The van der Waals surface area contributed by atoms with E-state index in [4.69, 9.17) is 0 Å². The molecule has 2 heterocycles. The molecule has 0 bridgehead atoms. The summed E-state index contributed by atoms with van der Waals surface area (Å²) in [7, 11) is -2.46. The zero-order valence-electron chi connectivity index (χ0n) is 11.4. The van der Waals surface area contributed by atoms with Gasteiger partial charge < -0.3 is 10.6 Å². The topological polar surface area (TPSA) is 127 Å². The molecular weight excluding hydrogens is 352 g/mol. The van der Waals surface area contributed by atoms with Crippen LogP contribution in [0, 0.1) is 20.2 Å². The highest BCUT2D eigenvalue weighted by Gasteiger charge is 2.39. The zero-order chi connectivity index (χ0) is 16.1. The molecule has 0 aromatic rings. The molecule has 12 heteroatoms. The summed E-state index contributed by atoms with van der Waals surface area (Å²) in [5, 5.41) is 27.2. The van der Waals surface area contributed by atoms with Crippen molar-refractivity contribution < 1.29 is 14.1 Å². The van der Waals surface area contributed by atoms with Crippen LogP contribution in [0.3, 0.4) is 0 Å². The van der Waals surface area contributed by atoms with E-state index in [9.17, 15) is 24.4 Å². The molecule has 2 aliphatic heterocycles.